The van der Waals surface area contributed by atoms with Crippen molar-refractivity contribution in [3.05, 3.63) is 88.9 Å². The molecule has 4 aromatic rings. The predicted molar refractivity (Wildman–Crippen MR) is 107 cm³/mol. The second kappa shape index (κ2) is 8.10. The molecule has 3 heterocycles. The summed E-state index contributed by atoms with van der Waals surface area (Å²) in [5.41, 5.74) is 9.33. The minimum atomic E-state index is 0.363. The fraction of sp³-hybridized carbons (Fsp3) is 0.0952. The third-order valence-corrected chi connectivity index (χ3v) is 4.35. The third kappa shape index (κ3) is 4.29. The van der Waals surface area contributed by atoms with Gasteiger partial charge in [-0.3, -0.25) is 0 Å². The van der Waals surface area contributed by atoms with E-state index in [1.54, 1.807) is 12.3 Å². The van der Waals surface area contributed by atoms with E-state index in [1.807, 2.05) is 48.5 Å². The number of ether oxygens (including phenoxy) is 1. The van der Waals surface area contributed by atoms with Crippen molar-refractivity contribution in [1.82, 2.24) is 15.1 Å². The zero-order valence-electron chi connectivity index (χ0n) is 14.9. The van der Waals surface area contributed by atoms with E-state index in [2.05, 4.69) is 15.1 Å². The monoisotopic (exact) mass is 392 g/mol. The van der Waals surface area contributed by atoms with Gasteiger partial charge in [0.2, 0.25) is 5.88 Å². The van der Waals surface area contributed by atoms with Crippen LogP contribution in [0, 0.1) is 0 Å². The highest BCUT2D eigenvalue weighted by molar-refractivity contribution is 6.30. The minimum Gasteiger partial charge on any atom is -0.473 e. The van der Waals surface area contributed by atoms with Crippen molar-refractivity contribution in [2.24, 2.45) is 0 Å². The number of pyridine rings is 2. The molecule has 6 nitrogen and oxygen atoms in total. The molecular formula is C21H17ClN4O2. The van der Waals surface area contributed by atoms with Crippen LogP contribution < -0.4 is 10.5 Å². The first-order chi connectivity index (χ1) is 13.7. The summed E-state index contributed by atoms with van der Waals surface area (Å²) in [5.74, 6) is 1.70. The molecule has 140 valence electrons. The summed E-state index contributed by atoms with van der Waals surface area (Å²) in [6, 6.07) is 17.3. The van der Waals surface area contributed by atoms with E-state index in [9.17, 15) is 0 Å². The lowest BCUT2D eigenvalue weighted by atomic mass is 10.1. The molecule has 0 aliphatic carbocycles. The van der Waals surface area contributed by atoms with E-state index < -0.39 is 0 Å². The average molecular weight is 393 g/mol. The Morgan fingerprint density at radius 1 is 1.00 bits per heavy atom. The normalized spacial score (nSPS) is 10.8. The topological polar surface area (TPSA) is 87.1 Å². The van der Waals surface area contributed by atoms with E-state index in [-0.39, 0.29) is 0 Å². The first-order valence-electron chi connectivity index (χ1n) is 8.66. The van der Waals surface area contributed by atoms with Gasteiger partial charge in [0, 0.05) is 36.5 Å². The quantitative estimate of drug-likeness (QED) is 0.518. The van der Waals surface area contributed by atoms with Crippen LogP contribution in [0.5, 0.6) is 5.88 Å². The predicted octanol–water partition coefficient (Wildman–Crippen LogP) is 4.54. The van der Waals surface area contributed by atoms with Gasteiger partial charge < -0.3 is 15.0 Å². The van der Waals surface area contributed by atoms with Crippen LogP contribution in [-0.2, 0) is 13.0 Å². The first kappa shape index (κ1) is 18.0. The molecule has 0 radical (unpaired) electrons. The molecule has 0 aliphatic heterocycles. The summed E-state index contributed by atoms with van der Waals surface area (Å²) < 4.78 is 11.1. The molecule has 0 fully saturated rings. The van der Waals surface area contributed by atoms with Crippen molar-refractivity contribution in [2.45, 2.75) is 13.0 Å². The molecule has 2 N–H and O–H groups in total. The Balaban J connectivity index is 1.41. The van der Waals surface area contributed by atoms with E-state index in [1.165, 1.54) is 6.20 Å². The molecule has 4 rings (SSSR count). The van der Waals surface area contributed by atoms with Crippen molar-refractivity contribution in [1.29, 1.82) is 0 Å². The minimum absolute atomic E-state index is 0.363. The van der Waals surface area contributed by atoms with Crippen LogP contribution in [0.25, 0.3) is 11.3 Å². The van der Waals surface area contributed by atoms with Gasteiger partial charge in [0.05, 0.1) is 5.02 Å². The Bertz CT molecular complexity index is 1070. The Morgan fingerprint density at radius 3 is 2.61 bits per heavy atom. The maximum atomic E-state index is 5.99. The van der Waals surface area contributed by atoms with Crippen LogP contribution in [0.15, 0.2) is 71.5 Å². The van der Waals surface area contributed by atoms with Gasteiger partial charge in [0.15, 0.2) is 0 Å². The number of nitrogens with zero attached hydrogens (tertiary/aromatic N) is 3. The number of hydrogen-bond donors (Lipinski definition) is 1. The summed E-state index contributed by atoms with van der Waals surface area (Å²) >= 11 is 5.99. The Kier molecular flexibility index (Phi) is 5.21. The van der Waals surface area contributed by atoms with Gasteiger partial charge in [-0.1, -0.05) is 47.1 Å². The fourth-order valence-corrected chi connectivity index (χ4v) is 2.88. The van der Waals surface area contributed by atoms with Crippen LogP contribution >= 0.6 is 11.6 Å². The van der Waals surface area contributed by atoms with Crippen molar-refractivity contribution in [2.75, 3.05) is 5.73 Å². The van der Waals surface area contributed by atoms with Crippen molar-refractivity contribution in [3.8, 4) is 17.1 Å². The maximum Gasteiger partial charge on any atom is 0.213 e. The molecule has 0 spiro atoms. The average Bonchev–Trinajstić information content (AvgIpc) is 3.18. The summed E-state index contributed by atoms with van der Waals surface area (Å²) in [6.45, 7) is 0.463. The molecule has 28 heavy (non-hydrogen) atoms. The highest BCUT2D eigenvalue weighted by atomic mass is 35.5. The Hall–Kier alpha value is -3.38. The van der Waals surface area contributed by atoms with Crippen LogP contribution in [0.2, 0.25) is 5.02 Å². The number of nitrogen functional groups attached to an aromatic ring is 1. The smallest absolute Gasteiger partial charge is 0.213 e. The molecule has 0 bridgehead atoms. The molecule has 0 saturated carbocycles. The zero-order valence-corrected chi connectivity index (χ0v) is 15.6. The van der Waals surface area contributed by atoms with Crippen molar-refractivity contribution in [3.63, 3.8) is 0 Å². The number of benzene rings is 1. The zero-order chi connectivity index (χ0) is 19.3. The molecule has 0 amide bonds. The second-order valence-electron chi connectivity index (χ2n) is 6.21. The molecule has 0 atom stereocenters. The molecule has 1 aromatic carbocycles. The first-order valence-corrected chi connectivity index (χ1v) is 9.04. The number of nitrogens with two attached hydrogens (primary N) is 1. The molecular weight excluding hydrogens is 376 g/mol. The highest BCUT2D eigenvalue weighted by Crippen LogP contribution is 2.27. The number of rotatable bonds is 6. The number of hydrogen-bond acceptors (Lipinski definition) is 6. The number of anilines is 1. The third-order valence-electron chi connectivity index (χ3n) is 4.15. The summed E-state index contributed by atoms with van der Waals surface area (Å²) in [7, 11) is 0. The van der Waals surface area contributed by atoms with Crippen LogP contribution in [-0.4, -0.2) is 15.1 Å². The number of aromatic nitrogens is 3. The summed E-state index contributed by atoms with van der Waals surface area (Å²) in [4.78, 5) is 8.19. The van der Waals surface area contributed by atoms with Crippen LogP contribution in [0.4, 0.5) is 5.82 Å². The lowest BCUT2D eigenvalue weighted by Gasteiger charge is -2.05. The molecule has 0 saturated heterocycles. The lowest BCUT2D eigenvalue weighted by Crippen LogP contribution is -1.97. The van der Waals surface area contributed by atoms with Crippen molar-refractivity contribution >= 4 is 17.4 Å². The van der Waals surface area contributed by atoms with Gasteiger partial charge in [-0.05, 0) is 23.3 Å². The van der Waals surface area contributed by atoms with E-state index in [0.717, 1.165) is 16.9 Å². The van der Waals surface area contributed by atoms with E-state index in [0.29, 0.717) is 41.0 Å². The van der Waals surface area contributed by atoms with Crippen LogP contribution in [0.3, 0.4) is 0 Å². The van der Waals surface area contributed by atoms with Gasteiger partial charge in [-0.2, -0.15) is 0 Å². The summed E-state index contributed by atoms with van der Waals surface area (Å²) in [6.07, 6.45) is 3.82. The fourth-order valence-electron chi connectivity index (χ4n) is 2.72. The van der Waals surface area contributed by atoms with Crippen LogP contribution in [0.1, 0.15) is 16.9 Å². The van der Waals surface area contributed by atoms with Crippen molar-refractivity contribution < 1.29 is 9.26 Å². The molecule has 3 aromatic heterocycles. The number of halogens is 1. The van der Waals surface area contributed by atoms with Gasteiger partial charge in [-0.15, -0.1) is 0 Å². The van der Waals surface area contributed by atoms with Gasteiger partial charge >= 0.3 is 0 Å². The molecule has 0 aliphatic rings. The molecule has 0 unspecified atom stereocenters. The Labute approximate surface area is 166 Å². The van der Waals surface area contributed by atoms with Gasteiger partial charge in [-0.25, -0.2) is 9.97 Å². The standard InChI is InChI=1S/C21H17ClN4O2/c22-16-10-18(21(23)25-12-16)19-11-17(28-26-19)9-14-4-6-15(7-5-14)13-27-20-3-1-2-8-24-20/h1-8,10-12H,9,13H2,(H2,23,25). The highest BCUT2D eigenvalue weighted by Gasteiger charge is 2.12. The largest absolute Gasteiger partial charge is 0.473 e. The lowest BCUT2D eigenvalue weighted by molar-refractivity contribution is 0.294. The second-order valence-corrected chi connectivity index (χ2v) is 6.65. The van der Waals surface area contributed by atoms with Gasteiger partial charge in [0.1, 0.15) is 23.9 Å². The van der Waals surface area contributed by atoms with E-state index >= 15 is 0 Å². The molecule has 7 heteroatoms. The van der Waals surface area contributed by atoms with E-state index in [4.69, 9.17) is 26.6 Å². The maximum absolute atomic E-state index is 5.99. The Morgan fingerprint density at radius 2 is 1.82 bits per heavy atom. The summed E-state index contributed by atoms with van der Waals surface area (Å²) in [5, 5.41) is 4.58. The van der Waals surface area contributed by atoms with Gasteiger partial charge in [0.25, 0.3) is 0 Å². The SMILES string of the molecule is Nc1ncc(Cl)cc1-c1cc(Cc2ccc(COc3ccccn3)cc2)on1.